The highest BCUT2D eigenvalue weighted by molar-refractivity contribution is 6.13. The lowest BCUT2D eigenvalue weighted by molar-refractivity contribution is 0.102. The third-order valence-corrected chi connectivity index (χ3v) is 4.27. The largest absolute Gasteiger partial charge is 0.497 e. The first-order valence-corrected chi connectivity index (χ1v) is 7.78. The van der Waals surface area contributed by atoms with E-state index in [9.17, 15) is 4.79 Å². The zero-order valence-electron chi connectivity index (χ0n) is 13.8. The van der Waals surface area contributed by atoms with Crippen LogP contribution in [0.15, 0.2) is 48.0 Å². The molecule has 0 atom stereocenters. The number of fused-ring (bicyclic) bond motifs is 1. The first-order valence-electron chi connectivity index (χ1n) is 7.78. The van der Waals surface area contributed by atoms with Crippen LogP contribution in [0.25, 0.3) is 6.08 Å². The third-order valence-electron chi connectivity index (χ3n) is 4.27. The fraction of sp³-hybridized carbons (Fsp3) is 0.250. The maximum absolute atomic E-state index is 12.7. The van der Waals surface area contributed by atoms with Crippen LogP contribution in [0.2, 0.25) is 0 Å². The molecule has 118 valence electrons. The van der Waals surface area contributed by atoms with E-state index >= 15 is 0 Å². The Kier molecular flexibility index (Phi) is 4.20. The van der Waals surface area contributed by atoms with Crippen LogP contribution in [0.5, 0.6) is 5.75 Å². The summed E-state index contributed by atoms with van der Waals surface area (Å²) < 4.78 is 5.24. The zero-order chi connectivity index (χ0) is 16.4. The summed E-state index contributed by atoms with van der Waals surface area (Å²) in [4.78, 5) is 14.8. The van der Waals surface area contributed by atoms with Crippen molar-refractivity contribution in [1.29, 1.82) is 0 Å². The number of hydrogen-bond acceptors (Lipinski definition) is 3. The SMILES string of the molecule is COc1ccc2c(c1)C(=O)/C(=C\c1ccc(N(C)C)cc1)CC2. The summed E-state index contributed by atoms with van der Waals surface area (Å²) in [5, 5.41) is 0. The minimum Gasteiger partial charge on any atom is -0.497 e. The van der Waals surface area contributed by atoms with Gasteiger partial charge in [0.25, 0.3) is 0 Å². The number of hydrogen-bond donors (Lipinski definition) is 0. The van der Waals surface area contributed by atoms with Gasteiger partial charge in [0.1, 0.15) is 5.75 Å². The van der Waals surface area contributed by atoms with Gasteiger partial charge in [0, 0.05) is 30.9 Å². The van der Waals surface area contributed by atoms with Crippen molar-refractivity contribution in [3.05, 3.63) is 64.7 Å². The molecule has 2 aromatic rings. The van der Waals surface area contributed by atoms with Gasteiger partial charge in [-0.3, -0.25) is 4.79 Å². The van der Waals surface area contributed by atoms with Crippen molar-refractivity contribution in [3.8, 4) is 5.75 Å². The maximum Gasteiger partial charge on any atom is 0.189 e. The Morgan fingerprint density at radius 2 is 1.78 bits per heavy atom. The van der Waals surface area contributed by atoms with Gasteiger partial charge in [-0.2, -0.15) is 0 Å². The number of Topliss-reactive ketones (excluding diaryl/α,β-unsaturated/α-hetero) is 1. The predicted octanol–water partition coefficient (Wildman–Crippen LogP) is 3.97. The van der Waals surface area contributed by atoms with Gasteiger partial charge < -0.3 is 9.64 Å². The van der Waals surface area contributed by atoms with Gasteiger partial charge in [0.05, 0.1) is 7.11 Å². The van der Waals surface area contributed by atoms with Gasteiger partial charge in [-0.15, -0.1) is 0 Å². The molecular formula is C20H21NO2. The molecule has 0 aromatic heterocycles. The lowest BCUT2D eigenvalue weighted by Gasteiger charge is -2.18. The van der Waals surface area contributed by atoms with Crippen molar-refractivity contribution in [2.45, 2.75) is 12.8 Å². The van der Waals surface area contributed by atoms with E-state index < -0.39 is 0 Å². The Bertz CT molecular complexity index is 758. The Morgan fingerprint density at radius 3 is 2.43 bits per heavy atom. The van der Waals surface area contributed by atoms with Gasteiger partial charge in [-0.05, 0) is 54.3 Å². The number of anilines is 1. The topological polar surface area (TPSA) is 29.5 Å². The molecule has 0 radical (unpaired) electrons. The summed E-state index contributed by atoms with van der Waals surface area (Å²) in [5.41, 5.74) is 4.95. The molecule has 0 saturated heterocycles. The molecule has 0 aliphatic heterocycles. The number of benzene rings is 2. The number of methoxy groups -OCH3 is 1. The Hall–Kier alpha value is -2.55. The van der Waals surface area contributed by atoms with E-state index in [4.69, 9.17) is 4.74 Å². The van der Waals surface area contributed by atoms with Crippen LogP contribution in [-0.4, -0.2) is 27.0 Å². The number of ketones is 1. The van der Waals surface area contributed by atoms with Gasteiger partial charge in [-0.1, -0.05) is 18.2 Å². The van der Waals surface area contributed by atoms with Crippen molar-refractivity contribution < 1.29 is 9.53 Å². The van der Waals surface area contributed by atoms with Gasteiger partial charge in [-0.25, -0.2) is 0 Å². The highest BCUT2D eigenvalue weighted by atomic mass is 16.5. The van der Waals surface area contributed by atoms with E-state index in [-0.39, 0.29) is 5.78 Å². The van der Waals surface area contributed by atoms with E-state index in [1.807, 2.05) is 38.4 Å². The van der Waals surface area contributed by atoms with Crippen LogP contribution in [0.3, 0.4) is 0 Å². The molecule has 1 aliphatic carbocycles. The Morgan fingerprint density at radius 1 is 1.04 bits per heavy atom. The van der Waals surface area contributed by atoms with Gasteiger partial charge >= 0.3 is 0 Å². The van der Waals surface area contributed by atoms with Crippen LogP contribution >= 0.6 is 0 Å². The number of ether oxygens (including phenoxy) is 1. The van der Waals surface area contributed by atoms with E-state index in [1.165, 1.54) is 0 Å². The molecule has 0 spiro atoms. The normalized spacial score (nSPS) is 15.4. The van der Waals surface area contributed by atoms with E-state index in [1.54, 1.807) is 7.11 Å². The second-order valence-corrected chi connectivity index (χ2v) is 6.01. The molecule has 0 heterocycles. The number of carbonyl (C=O) groups excluding carboxylic acids is 1. The second-order valence-electron chi connectivity index (χ2n) is 6.01. The predicted molar refractivity (Wildman–Crippen MR) is 94.4 cm³/mol. The molecule has 3 heteroatoms. The summed E-state index contributed by atoms with van der Waals surface area (Å²) in [7, 11) is 5.66. The quantitative estimate of drug-likeness (QED) is 0.804. The lowest BCUT2D eigenvalue weighted by Crippen LogP contribution is -2.14. The van der Waals surface area contributed by atoms with Crippen molar-refractivity contribution >= 4 is 17.5 Å². The maximum atomic E-state index is 12.7. The van der Waals surface area contributed by atoms with Crippen LogP contribution in [0.1, 0.15) is 27.9 Å². The third kappa shape index (κ3) is 3.14. The highest BCUT2D eigenvalue weighted by Gasteiger charge is 2.22. The van der Waals surface area contributed by atoms with Crippen molar-refractivity contribution in [2.24, 2.45) is 0 Å². The molecule has 0 saturated carbocycles. The van der Waals surface area contributed by atoms with Crippen molar-refractivity contribution in [1.82, 2.24) is 0 Å². The van der Waals surface area contributed by atoms with E-state index in [0.29, 0.717) is 0 Å². The molecular weight excluding hydrogens is 286 g/mol. The first-order chi connectivity index (χ1) is 11.1. The monoisotopic (exact) mass is 307 g/mol. The molecule has 0 fully saturated rings. The summed E-state index contributed by atoms with van der Waals surface area (Å²) in [6.45, 7) is 0. The van der Waals surface area contributed by atoms with Crippen LogP contribution in [0, 0.1) is 0 Å². The Labute approximate surface area is 137 Å². The summed E-state index contributed by atoms with van der Waals surface area (Å²) in [6, 6.07) is 14.0. The average Bonchev–Trinajstić information content (AvgIpc) is 2.57. The molecule has 0 N–H and O–H groups in total. The van der Waals surface area contributed by atoms with Crippen molar-refractivity contribution in [3.63, 3.8) is 0 Å². The molecule has 0 unspecified atom stereocenters. The number of rotatable bonds is 3. The molecule has 1 aliphatic rings. The molecule has 3 rings (SSSR count). The summed E-state index contributed by atoms with van der Waals surface area (Å²) in [5.74, 6) is 0.843. The fourth-order valence-electron chi connectivity index (χ4n) is 2.88. The molecule has 0 amide bonds. The minimum atomic E-state index is 0.113. The second kappa shape index (κ2) is 6.29. The molecule has 0 bridgehead atoms. The molecule has 3 nitrogen and oxygen atoms in total. The fourth-order valence-corrected chi connectivity index (χ4v) is 2.88. The summed E-state index contributed by atoms with van der Waals surface area (Å²) in [6.07, 6.45) is 3.68. The number of nitrogens with zero attached hydrogens (tertiary/aromatic N) is 1. The number of allylic oxidation sites excluding steroid dienone is 1. The van der Waals surface area contributed by atoms with E-state index in [2.05, 4.69) is 29.2 Å². The lowest BCUT2D eigenvalue weighted by atomic mass is 9.86. The summed E-state index contributed by atoms with van der Waals surface area (Å²) >= 11 is 0. The van der Waals surface area contributed by atoms with Gasteiger partial charge in [0.2, 0.25) is 0 Å². The standard InChI is InChI=1S/C20H21NO2/c1-21(2)17-9-4-14(5-10-17)12-16-7-6-15-8-11-18(23-3)13-19(15)20(16)22/h4-5,8-13H,6-7H2,1-3H3/b16-12-. The smallest absolute Gasteiger partial charge is 0.189 e. The zero-order valence-corrected chi connectivity index (χ0v) is 13.8. The Balaban J connectivity index is 1.90. The van der Waals surface area contributed by atoms with Crippen molar-refractivity contribution in [2.75, 3.05) is 26.1 Å². The average molecular weight is 307 g/mol. The number of aryl methyl sites for hydroxylation is 1. The minimum absolute atomic E-state index is 0.113. The van der Waals surface area contributed by atoms with Gasteiger partial charge in [0.15, 0.2) is 5.78 Å². The first kappa shape index (κ1) is 15.3. The van der Waals surface area contributed by atoms with E-state index in [0.717, 1.165) is 46.5 Å². The van der Waals surface area contributed by atoms with Crippen LogP contribution in [-0.2, 0) is 6.42 Å². The molecule has 23 heavy (non-hydrogen) atoms. The highest BCUT2D eigenvalue weighted by Crippen LogP contribution is 2.29. The molecule has 2 aromatic carbocycles. The van der Waals surface area contributed by atoms with Crippen LogP contribution < -0.4 is 9.64 Å². The van der Waals surface area contributed by atoms with Crippen LogP contribution in [0.4, 0.5) is 5.69 Å². The number of carbonyl (C=O) groups is 1.